The van der Waals surface area contributed by atoms with Crippen molar-refractivity contribution >= 4 is 30.6 Å². The molecule has 0 radical (unpaired) electrons. The van der Waals surface area contributed by atoms with Crippen LogP contribution in [0.3, 0.4) is 0 Å². The second-order valence-electron chi connectivity index (χ2n) is 6.74. The van der Waals surface area contributed by atoms with Crippen molar-refractivity contribution < 1.29 is 4.52 Å². The van der Waals surface area contributed by atoms with E-state index in [0.29, 0.717) is 5.92 Å². The van der Waals surface area contributed by atoms with Gasteiger partial charge in [-0.05, 0) is 38.6 Å². The van der Waals surface area contributed by atoms with Gasteiger partial charge in [-0.2, -0.15) is 4.98 Å². The molecule has 0 atom stereocenters. The van der Waals surface area contributed by atoms with Gasteiger partial charge in [0.2, 0.25) is 5.89 Å². The minimum atomic E-state index is 0. The van der Waals surface area contributed by atoms with E-state index in [1.54, 1.807) is 6.33 Å². The molecule has 0 unspecified atom stereocenters. The van der Waals surface area contributed by atoms with Crippen LogP contribution in [0.1, 0.15) is 35.8 Å². The van der Waals surface area contributed by atoms with Crippen LogP contribution >= 0.6 is 24.8 Å². The maximum atomic E-state index is 5.26. The van der Waals surface area contributed by atoms with Crippen molar-refractivity contribution in [3.63, 3.8) is 0 Å². The summed E-state index contributed by atoms with van der Waals surface area (Å²) in [5.74, 6) is 3.26. The van der Waals surface area contributed by atoms with Crippen molar-refractivity contribution in [2.45, 2.75) is 39.0 Å². The van der Waals surface area contributed by atoms with Crippen LogP contribution in [-0.4, -0.2) is 46.3 Å². The van der Waals surface area contributed by atoms with Crippen LogP contribution in [0, 0.1) is 12.8 Å². The predicted octanol–water partition coefficient (Wildman–Crippen LogP) is 2.16. The molecule has 4 rings (SSSR count). The van der Waals surface area contributed by atoms with Crippen molar-refractivity contribution in [1.29, 1.82) is 0 Å². The Labute approximate surface area is 166 Å². The van der Waals surface area contributed by atoms with E-state index < -0.39 is 0 Å². The van der Waals surface area contributed by atoms with Crippen LogP contribution in [0.25, 0.3) is 0 Å². The lowest BCUT2D eigenvalue weighted by Gasteiger charge is -2.33. The number of fused-ring (bicyclic) bond motifs is 1. The van der Waals surface area contributed by atoms with E-state index in [0.717, 1.165) is 75.8 Å². The van der Waals surface area contributed by atoms with Crippen molar-refractivity contribution in [2.75, 3.05) is 31.1 Å². The highest BCUT2D eigenvalue weighted by Gasteiger charge is 2.25. The topological polar surface area (TPSA) is 80.0 Å². The standard InChI is InChI=1S/C17H24N6O.2ClH/c1-12-21-16(24-22-12)10-13-4-8-23(9-5-13)17-14-2-6-18-7-3-15(14)19-11-20-17;;/h11,13,18H,2-10H2,1H3;2*1H. The lowest BCUT2D eigenvalue weighted by atomic mass is 9.93. The summed E-state index contributed by atoms with van der Waals surface area (Å²) in [4.78, 5) is 15.9. The Hall–Kier alpha value is -1.44. The first-order chi connectivity index (χ1) is 11.8. The SMILES string of the molecule is Cc1noc(CC2CCN(c3ncnc4c3CCNCC4)CC2)n1.Cl.Cl. The van der Waals surface area contributed by atoms with Gasteiger partial charge in [-0.1, -0.05) is 5.16 Å². The van der Waals surface area contributed by atoms with Crippen LogP contribution < -0.4 is 10.2 Å². The zero-order valence-electron chi connectivity index (χ0n) is 15.0. The fraction of sp³-hybridized carbons (Fsp3) is 0.647. The summed E-state index contributed by atoms with van der Waals surface area (Å²) in [6.45, 7) is 5.96. The fourth-order valence-electron chi connectivity index (χ4n) is 3.75. The average molecular weight is 401 g/mol. The van der Waals surface area contributed by atoms with Gasteiger partial charge in [0.15, 0.2) is 5.82 Å². The third-order valence-electron chi connectivity index (χ3n) is 5.05. The monoisotopic (exact) mass is 400 g/mol. The molecule has 9 heteroatoms. The maximum Gasteiger partial charge on any atom is 0.226 e. The summed E-state index contributed by atoms with van der Waals surface area (Å²) >= 11 is 0. The van der Waals surface area contributed by atoms with Gasteiger partial charge in [0.1, 0.15) is 12.1 Å². The Kier molecular flexibility index (Phi) is 7.61. The molecular weight excluding hydrogens is 375 g/mol. The summed E-state index contributed by atoms with van der Waals surface area (Å²) in [5, 5.41) is 7.33. The molecule has 0 aliphatic carbocycles. The smallest absolute Gasteiger partial charge is 0.226 e. The second-order valence-corrected chi connectivity index (χ2v) is 6.74. The number of aryl methyl sites for hydroxylation is 1. The van der Waals surface area contributed by atoms with Crippen LogP contribution in [0.2, 0.25) is 0 Å². The molecule has 7 nitrogen and oxygen atoms in total. The summed E-state index contributed by atoms with van der Waals surface area (Å²) in [6, 6.07) is 0. The third kappa shape index (κ3) is 4.64. The van der Waals surface area contributed by atoms with E-state index >= 15 is 0 Å². The molecule has 2 aliphatic heterocycles. The van der Waals surface area contributed by atoms with Crippen LogP contribution in [0.4, 0.5) is 5.82 Å². The summed E-state index contributed by atoms with van der Waals surface area (Å²) < 4.78 is 5.26. The number of hydrogen-bond donors (Lipinski definition) is 1. The van der Waals surface area contributed by atoms with E-state index in [4.69, 9.17) is 4.52 Å². The number of anilines is 1. The molecule has 0 bridgehead atoms. The van der Waals surface area contributed by atoms with Gasteiger partial charge in [0.25, 0.3) is 0 Å². The maximum absolute atomic E-state index is 5.26. The Morgan fingerprint density at radius 3 is 2.65 bits per heavy atom. The second kappa shape index (κ2) is 9.48. The van der Waals surface area contributed by atoms with Crippen molar-refractivity contribution in [3.8, 4) is 0 Å². The van der Waals surface area contributed by atoms with E-state index in [1.165, 1.54) is 11.3 Å². The molecule has 2 aliphatic rings. The Balaban J connectivity index is 0.00000121. The first-order valence-corrected chi connectivity index (χ1v) is 8.87. The summed E-state index contributed by atoms with van der Waals surface area (Å²) in [5.41, 5.74) is 2.56. The van der Waals surface area contributed by atoms with Gasteiger partial charge < -0.3 is 14.7 Å². The normalized spacial score (nSPS) is 17.7. The van der Waals surface area contributed by atoms with Crippen LogP contribution in [0.5, 0.6) is 0 Å². The zero-order valence-corrected chi connectivity index (χ0v) is 16.6. The quantitative estimate of drug-likeness (QED) is 0.844. The van der Waals surface area contributed by atoms with Crippen molar-refractivity contribution in [3.05, 3.63) is 29.3 Å². The molecule has 0 saturated carbocycles. The van der Waals surface area contributed by atoms with Crippen LogP contribution in [-0.2, 0) is 19.3 Å². The Morgan fingerprint density at radius 2 is 1.92 bits per heavy atom. The average Bonchev–Trinajstić information content (AvgIpc) is 2.86. The molecule has 144 valence electrons. The molecule has 26 heavy (non-hydrogen) atoms. The number of rotatable bonds is 3. The highest BCUT2D eigenvalue weighted by Crippen LogP contribution is 2.28. The van der Waals surface area contributed by atoms with Crippen LogP contribution in [0.15, 0.2) is 10.9 Å². The zero-order chi connectivity index (χ0) is 16.4. The number of halogens is 2. The number of aromatic nitrogens is 4. The molecule has 1 N–H and O–H groups in total. The van der Waals surface area contributed by atoms with Gasteiger partial charge in [-0.15, -0.1) is 24.8 Å². The third-order valence-corrected chi connectivity index (χ3v) is 5.05. The van der Waals surface area contributed by atoms with E-state index in [2.05, 4.69) is 30.3 Å². The van der Waals surface area contributed by atoms with Crippen molar-refractivity contribution in [2.24, 2.45) is 5.92 Å². The highest BCUT2D eigenvalue weighted by atomic mass is 35.5. The summed E-state index contributed by atoms with van der Waals surface area (Å²) in [6.07, 6.45) is 6.91. The number of hydrogen-bond acceptors (Lipinski definition) is 7. The minimum absolute atomic E-state index is 0. The molecule has 0 amide bonds. The molecule has 0 aromatic carbocycles. The number of nitrogens with one attached hydrogen (secondary N) is 1. The molecular formula is C17H26Cl2N6O. The predicted molar refractivity (Wildman–Crippen MR) is 104 cm³/mol. The van der Waals surface area contributed by atoms with Gasteiger partial charge in [-0.3, -0.25) is 0 Å². The highest BCUT2D eigenvalue weighted by molar-refractivity contribution is 5.85. The minimum Gasteiger partial charge on any atom is -0.356 e. The van der Waals surface area contributed by atoms with Gasteiger partial charge in [0.05, 0.1) is 5.69 Å². The van der Waals surface area contributed by atoms with E-state index in [-0.39, 0.29) is 24.8 Å². The lowest BCUT2D eigenvalue weighted by molar-refractivity contribution is 0.323. The molecule has 1 saturated heterocycles. The van der Waals surface area contributed by atoms with E-state index in [9.17, 15) is 0 Å². The Bertz CT molecular complexity index is 702. The summed E-state index contributed by atoms with van der Waals surface area (Å²) in [7, 11) is 0. The fourth-order valence-corrected chi connectivity index (χ4v) is 3.75. The van der Waals surface area contributed by atoms with Gasteiger partial charge in [-0.25, -0.2) is 9.97 Å². The lowest BCUT2D eigenvalue weighted by Crippen LogP contribution is -2.36. The molecule has 2 aromatic rings. The first kappa shape index (κ1) is 20.9. The largest absolute Gasteiger partial charge is 0.356 e. The van der Waals surface area contributed by atoms with E-state index in [1.807, 2.05) is 6.92 Å². The molecule has 0 spiro atoms. The number of piperidine rings is 1. The Morgan fingerprint density at radius 1 is 1.15 bits per heavy atom. The number of nitrogens with zero attached hydrogens (tertiary/aromatic N) is 5. The molecule has 2 aromatic heterocycles. The van der Waals surface area contributed by atoms with Gasteiger partial charge >= 0.3 is 0 Å². The van der Waals surface area contributed by atoms with Crippen molar-refractivity contribution in [1.82, 2.24) is 25.4 Å². The molecule has 1 fully saturated rings. The van der Waals surface area contributed by atoms with Gasteiger partial charge in [0, 0.05) is 38.0 Å². The first-order valence-electron chi connectivity index (χ1n) is 8.87. The molecule has 4 heterocycles.